The van der Waals surface area contributed by atoms with Gasteiger partial charge in [0.25, 0.3) is 0 Å². The number of carbonyl (C=O) groups excluding carboxylic acids is 1. The number of benzene rings is 1. The molecule has 0 bridgehead atoms. The molecule has 0 N–H and O–H groups in total. The molecule has 0 saturated carbocycles. The number of ether oxygens (including phenoxy) is 2. The van der Waals surface area contributed by atoms with Gasteiger partial charge >= 0.3 is 5.97 Å². The average Bonchev–Trinajstić information content (AvgIpc) is 2.20. The third kappa shape index (κ3) is 5.61. The molecule has 0 heterocycles. The van der Waals surface area contributed by atoms with Gasteiger partial charge in [-0.3, -0.25) is 4.79 Å². The van der Waals surface area contributed by atoms with E-state index in [0.717, 1.165) is 0 Å². The molecule has 5 heteroatoms. The van der Waals surface area contributed by atoms with Gasteiger partial charge in [-0.05, 0) is 32.9 Å². The quantitative estimate of drug-likeness (QED) is 0.783. The number of halogens is 2. The summed E-state index contributed by atoms with van der Waals surface area (Å²) in [5.41, 5.74) is -0.481. The summed E-state index contributed by atoms with van der Waals surface area (Å²) in [5, 5.41) is 0.996. The molecule has 0 aliphatic rings. The van der Waals surface area contributed by atoms with Gasteiger partial charge in [0, 0.05) is 11.1 Å². The molecule has 0 unspecified atom stereocenters. The minimum absolute atomic E-state index is 0.167. The van der Waals surface area contributed by atoms with E-state index in [1.807, 2.05) is 20.8 Å². The summed E-state index contributed by atoms with van der Waals surface area (Å²) in [7, 11) is 0. The number of esters is 1. The molecule has 1 rings (SSSR count). The summed E-state index contributed by atoms with van der Waals surface area (Å²) in [5.74, 6) is 0.161. The molecular formula is C13H16Cl2O3. The molecule has 0 spiro atoms. The van der Waals surface area contributed by atoms with E-state index in [-0.39, 0.29) is 19.0 Å². The minimum Gasteiger partial charge on any atom is -0.491 e. The van der Waals surface area contributed by atoms with Crippen molar-refractivity contribution in [3.63, 3.8) is 0 Å². The fourth-order valence-electron chi connectivity index (χ4n) is 1.22. The molecule has 0 aliphatic carbocycles. The van der Waals surface area contributed by atoms with Crippen LogP contribution in [0.2, 0.25) is 10.0 Å². The van der Waals surface area contributed by atoms with Crippen molar-refractivity contribution in [2.45, 2.75) is 32.8 Å². The molecule has 0 aliphatic heterocycles. The Bertz CT molecular complexity index is 425. The number of carbonyl (C=O) groups is 1. The van der Waals surface area contributed by atoms with Crippen LogP contribution in [0.1, 0.15) is 27.2 Å². The summed E-state index contributed by atoms with van der Waals surface area (Å²) < 4.78 is 10.5. The van der Waals surface area contributed by atoms with Crippen molar-refractivity contribution in [3.8, 4) is 5.75 Å². The van der Waals surface area contributed by atoms with Crippen LogP contribution in [0, 0.1) is 0 Å². The largest absolute Gasteiger partial charge is 0.491 e. The third-order valence-electron chi connectivity index (χ3n) is 1.88. The van der Waals surface area contributed by atoms with E-state index in [1.54, 1.807) is 18.2 Å². The topological polar surface area (TPSA) is 35.5 Å². The molecule has 0 radical (unpaired) electrons. The maximum Gasteiger partial charge on any atom is 0.309 e. The highest BCUT2D eigenvalue weighted by molar-refractivity contribution is 6.34. The van der Waals surface area contributed by atoms with Crippen LogP contribution in [-0.2, 0) is 9.53 Å². The molecule has 100 valence electrons. The van der Waals surface area contributed by atoms with Gasteiger partial charge in [0.15, 0.2) is 0 Å². The molecule has 3 nitrogen and oxygen atoms in total. The van der Waals surface area contributed by atoms with Crippen LogP contribution >= 0.6 is 23.2 Å². The van der Waals surface area contributed by atoms with Gasteiger partial charge in [-0.15, -0.1) is 0 Å². The zero-order chi connectivity index (χ0) is 13.8. The van der Waals surface area contributed by atoms with Gasteiger partial charge in [0.2, 0.25) is 0 Å². The fraction of sp³-hybridized carbons (Fsp3) is 0.462. The Hall–Kier alpha value is -0.930. The zero-order valence-corrected chi connectivity index (χ0v) is 12.1. The first-order valence-corrected chi connectivity index (χ1v) is 6.33. The van der Waals surface area contributed by atoms with E-state index in [1.165, 1.54) is 0 Å². The average molecular weight is 291 g/mol. The molecule has 18 heavy (non-hydrogen) atoms. The van der Waals surface area contributed by atoms with Crippen molar-refractivity contribution in [1.29, 1.82) is 0 Å². The van der Waals surface area contributed by atoms with Crippen molar-refractivity contribution < 1.29 is 14.3 Å². The first-order chi connectivity index (χ1) is 8.28. The van der Waals surface area contributed by atoms with E-state index in [9.17, 15) is 4.79 Å². The lowest BCUT2D eigenvalue weighted by molar-refractivity contribution is -0.155. The second-order valence-electron chi connectivity index (χ2n) is 4.76. The lowest BCUT2D eigenvalue weighted by Crippen LogP contribution is -2.24. The summed E-state index contributed by atoms with van der Waals surface area (Å²) in [6.07, 6.45) is 0.167. The maximum atomic E-state index is 11.4. The van der Waals surface area contributed by atoms with Crippen LogP contribution < -0.4 is 4.74 Å². The molecule has 0 fully saturated rings. The molecule has 0 aromatic heterocycles. The van der Waals surface area contributed by atoms with E-state index >= 15 is 0 Å². The normalized spacial score (nSPS) is 11.2. The Morgan fingerprint density at radius 1 is 1.28 bits per heavy atom. The Balaban J connectivity index is 2.42. The van der Waals surface area contributed by atoms with Crippen molar-refractivity contribution in [1.82, 2.24) is 0 Å². The van der Waals surface area contributed by atoms with Crippen LogP contribution in [0.5, 0.6) is 5.75 Å². The molecule has 0 atom stereocenters. The monoisotopic (exact) mass is 290 g/mol. The highest BCUT2D eigenvalue weighted by Gasteiger charge is 2.16. The summed E-state index contributed by atoms with van der Waals surface area (Å²) in [4.78, 5) is 11.4. The van der Waals surface area contributed by atoms with Gasteiger partial charge in [0.05, 0.1) is 18.1 Å². The van der Waals surface area contributed by atoms with Crippen LogP contribution in [0.4, 0.5) is 0 Å². The second-order valence-corrected chi connectivity index (χ2v) is 5.60. The predicted octanol–water partition coefficient (Wildman–Crippen LogP) is 4.10. The lowest BCUT2D eigenvalue weighted by atomic mass is 10.2. The molecule has 0 saturated heterocycles. The fourth-order valence-corrected chi connectivity index (χ4v) is 1.56. The third-order valence-corrected chi connectivity index (χ3v) is 2.42. The first-order valence-electron chi connectivity index (χ1n) is 5.57. The van der Waals surface area contributed by atoms with E-state index in [0.29, 0.717) is 15.8 Å². The Kier molecular flexibility index (Phi) is 5.29. The maximum absolute atomic E-state index is 11.4. The van der Waals surface area contributed by atoms with Gasteiger partial charge < -0.3 is 9.47 Å². The summed E-state index contributed by atoms with van der Waals surface area (Å²) >= 11 is 11.7. The zero-order valence-electron chi connectivity index (χ0n) is 10.6. The molecule has 1 aromatic carbocycles. The minimum atomic E-state index is -0.481. The van der Waals surface area contributed by atoms with Crippen LogP contribution in [0.25, 0.3) is 0 Å². The number of hydrogen-bond donors (Lipinski definition) is 0. The van der Waals surface area contributed by atoms with Crippen LogP contribution in [0.3, 0.4) is 0 Å². The van der Waals surface area contributed by atoms with Gasteiger partial charge in [0.1, 0.15) is 11.4 Å². The number of hydrogen-bond acceptors (Lipinski definition) is 3. The molecule has 0 amide bonds. The Morgan fingerprint density at radius 3 is 2.56 bits per heavy atom. The Labute approximate surface area is 117 Å². The second kappa shape index (κ2) is 6.30. The van der Waals surface area contributed by atoms with Crippen molar-refractivity contribution in [2.24, 2.45) is 0 Å². The van der Waals surface area contributed by atoms with Crippen molar-refractivity contribution in [3.05, 3.63) is 28.2 Å². The van der Waals surface area contributed by atoms with E-state index in [2.05, 4.69) is 0 Å². The smallest absolute Gasteiger partial charge is 0.309 e. The van der Waals surface area contributed by atoms with Gasteiger partial charge in [-0.2, -0.15) is 0 Å². The summed E-state index contributed by atoms with van der Waals surface area (Å²) in [6.45, 7) is 5.66. The predicted molar refractivity (Wildman–Crippen MR) is 72.4 cm³/mol. The standard InChI is InChI=1S/C13H16Cl2O3/c1-13(2,3)18-12(16)6-7-17-11-8-9(14)4-5-10(11)15/h4-5,8H,6-7H2,1-3H3. The summed E-state index contributed by atoms with van der Waals surface area (Å²) in [6, 6.07) is 4.93. The molecule has 1 aromatic rings. The van der Waals surface area contributed by atoms with Gasteiger partial charge in [-0.25, -0.2) is 0 Å². The first kappa shape index (κ1) is 15.1. The van der Waals surface area contributed by atoms with Gasteiger partial charge in [-0.1, -0.05) is 23.2 Å². The highest BCUT2D eigenvalue weighted by Crippen LogP contribution is 2.27. The van der Waals surface area contributed by atoms with E-state index in [4.69, 9.17) is 32.7 Å². The number of rotatable bonds is 4. The highest BCUT2D eigenvalue weighted by atomic mass is 35.5. The van der Waals surface area contributed by atoms with E-state index < -0.39 is 5.60 Å². The van der Waals surface area contributed by atoms with Crippen LogP contribution in [0.15, 0.2) is 18.2 Å². The Morgan fingerprint density at radius 2 is 1.94 bits per heavy atom. The van der Waals surface area contributed by atoms with Crippen molar-refractivity contribution in [2.75, 3.05) is 6.61 Å². The lowest BCUT2D eigenvalue weighted by Gasteiger charge is -2.19. The SMILES string of the molecule is CC(C)(C)OC(=O)CCOc1cc(Cl)ccc1Cl. The van der Waals surface area contributed by atoms with Crippen molar-refractivity contribution >= 4 is 29.2 Å². The van der Waals surface area contributed by atoms with Crippen LogP contribution in [-0.4, -0.2) is 18.2 Å². The molecular weight excluding hydrogens is 275 g/mol.